The summed E-state index contributed by atoms with van der Waals surface area (Å²) in [6, 6.07) is 10.8. The lowest BCUT2D eigenvalue weighted by atomic mass is 9.55. The highest BCUT2D eigenvalue weighted by Crippen LogP contribution is 2.53. The Bertz CT molecular complexity index is 428. The van der Waals surface area contributed by atoms with Crippen LogP contribution in [0.15, 0.2) is 30.3 Å². The number of benzene rings is 1. The van der Waals surface area contributed by atoms with E-state index in [4.69, 9.17) is 9.57 Å². The monoisotopic (exact) mass is 289 g/mol. The van der Waals surface area contributed by atoms with E-state index in [-0.39, 0.29) is 0 Å². The highest BCUT2D eigenvalue weighted by atomic mass is 16.6. The normalized spacial score (nSPS) is 27.5. The van der Waals surface area contributed by atoms with Crippen LogP contribution in [0.3, 0.4) is 0 Å². The van der Waals surface area contributed by atoms with Crippen molar-refractivity contribution in [3.05, 3.63) is 35.9 Å². The van der Waals surface area contributed by atoms with Crippen molar-refractivity contribution in [3.8, 4) is 0 Å². The maximum atomic E-state index is 5.97. The molecule has 3 heteroatoms. The Morgan fingerprint density at radius 3 is 2.62 bits per heavy atom. The third-order valence-corrected chi connectivity index (χ3v) is 5.24. The van der Waals surface area contributed by atoms with Crippen molar-refractivity contribution in [2.75, 3.05) is 6.61 Å². The number of hydroxylamine groups is 1. The number of nitrogens with one attached hydrogen (secondary N) is 1. The molecule has 2 aliphatic carbocycles. The summed E-state index contributed by atoms with van der Waals surface area (Å²) in [4.78, 5) is 5.77. The smallest absolute Gasteiger partial charge is 0.0933 e. The zero-order chi connectivity index (χ0) is 14.5. The molecule has 2 unspecified atom stereocenters. The van der Waals surface area contributed by atoms with Gasteiger partial charge in [0.1, 0.15) is 0 Å². The van der Waals surface area contributed by atoms with Gasteiger partial charge in [0.05, 0.1) is 12.7 Å². The van der Waals surface area contributed by atoms with E-state index in [1.54, 1.807) is 0 Å². The lowest BCUT2D eigenvalue weighted by molar-refractivity contribution is -0.186. The van der Waals surface area contributed by atoms with Gasteiger partial charge in [-0.1, -0.05) is 49.6 Å². The zero-order valence-corrected chi connectivity index (χ0v) is 13.0. The molecule has 1 aromatic carbocycles. The van der Waals surface area contributed by atoms with Gasteiger partial charge in [-0.15, -0.1) is 0 Å². The van der Waals surface area contributed by atoms with Crippen LogP contribution >= 0.6 is 0 Å². The quantitative estimate of drug-likeness (QED) is 0.807. The van der Waals surface area contributed by atoms with E-state index < -0.39 is 0 Å². The maximum absolute atomic E-state index is 5.97. The van der Waals surface area contributed by atoms with Crippen LogP contribution in [0.5, 0.6) is 0 Å². The number of hydrogen-bond acceptors (Lipinski definition) is 3. The number of ether oxygens (including phenoxy) is 1. The highest BCUT2D eigenvalue weighted by molar-refractivity contribution is 5.13. The largest absolute Gasteiger partial charge is 0.378 e. The molecule has 0 aromatic heterocycles. The van der Waals surface area contributed by atoms with Crippen molar-refractivity contribution in [1.82, 2.24) is 5.48 Å². The molecule has 116 valence electrons. The van der Waals surface area contributed by atoms with Crippen molar-refractivity contribution in [3.63, 3.8) is 0 Å². The summed E-state index contributed by atoms with van der Waals surface area (Å²) in [6.07, 6.45) is 8.12. The Labute approximate surface area is 128 Å². The lowest BCUT2D eigenvalue weighted by Gasteiger charge is -2.57. The Kier molecular flexibility index (Phi) is 4.94. The second-order valence-electron chi connectivity index (χ2n) is 6.42. The van der Waals surface area contributed by atoms with Crippen molar-refractivity contribution in [1.29, 1.82) is 0 Å². The van der Waals surface area contributed by atoms with Crippen molar-refractivity contribution in [2.24, 2.45) is 5.41 Å². The van der Waals surface area contributed by atoms with Crippen LogP contribution in [0.2, 0.25) is 0 Å². The molecule has 0 bridgehead atoms. The van der Waals surface area contributed by atoms with Gasteiger partial charge in [0.15, 0.2) is 0 Å². The summed E-state index contributed by atoms with van der Waals surface area (Å²) in [5, 5.41) is 0. The summed E-state index contributed by atoms with van der Waals surface area (Å²) in [5.41, 5.74) is 4.87. The molecule has 0 aliphatic heterocycles. The van der Waals surface area contributed by atoms with Gasteiger partial charge in [0.2, 0.25) is 0 Å². The molecule has 2 atom stereocenters. The van der Waals surface area contributed by atoms with Crippen molar-refractivity contribution >= 4 is 0 Å². The van der Waals surface area contributed by atoms with Gasteiger partial charge in [0, 0.05) is 18.1 Å². The molecular weight excluding hydrogens is 262 g/mol. The molecule has 2 fully saturated rings. The van der Waals surface area contributed by atoms with Gasteiger partial charge < -0.3 is 4.74 Å². The Morgan fingerprint density at radius 1 is 1.14 bits per heavy atom. The van der Waals surface area contributed by atoms with Crippen molar-refractivity contribution < 1.29 is 9.57 Å². The fourth-order valence-corrected chi connectivity index (χ4v) is 4.03. The average Bonchev–Trinajstić information content (AvgIpc) is 2.55. The SMILES string of the molecule is CCOC1CC(NOCc2ccccc2)C12CCCCC2. The minimum Gasteiger partial charge on any atom is -0.378 e. The van der Waals surface area contributed by atoms with Gasteiger partial charge >= 0.3 is 0 Å². The summed E-state index contributed by atoms with van der Waals surface area (Å²) >= 11 is 0. The molecule has 2 saturated carbocycles. The maximum Gasteiger partial charge on any atom is 0.0933 e. The topological polar surface area (TPSA) is 30.5 Å². The molecule has 1 spiro atoms. The molecule has 0 heterocycles. The van der Waals surface area contributed by atoms with Crippen molar-refractivity contribution in [2.45, 2.75) is 64.2 Å². The minimum absolute atomic E-state index is 0.324. The molecule has 2 aliphatic rings. The first-order valence-electron chi connectivity index (χ1n) is 8.38. The van der Waals surface area contributed by atoms with E-state index >= 15 is 0 Å². The molecule has 21 heavy (non-hydrogen) atoms. The first-order valence-corrected chi connectivity index (χ1v) is 8.38. The van der Waals surface area contributed by atoms with Gasteiger partial charge in [-0.2, -0.15) is 5.48 Å². The molecular formula is C18H27NO2. The fraction of sp³-hybridized carbons (Fsp3) is 0.667. The third-order valence-electron chi connectivity index (χ3n) is 5.24. The lowest BCUT2D eigenvalue weighted by Crippen LogP contribution is -2.64. The molecule has 1 aromatic rings. The van der Waals surface area contributed by atoms with Gasteiger partial charge in [-0.05, 0) is 31.7 Å². The van der Waals surface area contributed by atoms with Crippen LogP contribution in [0.25, 0.3) is 0 Å². The molecule has 0 amide bonds. The molecule has 0 radical (unpaired) electrons. The van der Waals surface area contributed by atoms with E-state index in [1.807, 2.05) is 6.07 Å². The Morgan fingerprint density at radius 2 is 1.90 bits per heavy atom. The standard InChI is InChI=1S/C18H27NO2/c1-2-20-17-13-16(18(17)11-7-4-8-12-18)19-21-14-15-9-5-3-6-10-15/h3,5-6,9-10,16-17,19H,2,4,7-8,11-14H2,1H3. The zero-order valence-electron chi connectivity index (χ0n) is 13.0. The average molecular weight is 289 g/mol. The van der Waals surface area contributed by atoms with Gasteiger partial charge in [-0.25, -0.2) is 0 Å². The molecule has 0 saturated heterocycles. The predicted molar refractivity (Wildman–Crippen MR) is 83.7 cm³/mol. The van der Waals surface area contributed by atoms with Gasteiger partial charge in [0.25, 0.3) is 0 Å². The van der Waals surface area contributed by atoms with E-state index in [2.05, 4.69) is 36.7 Å². The predicted octanol–water partition coefficient (Wildman–Crippen LogP) is 3.84. The summed E-state index contributed by atoms with van der Waals surface area (Å²) in [7, 11) is 0. The van der Waals surface area contributed by atoms with Crippen LogP contribution in [-0.2, 0) is 16.2 Å². The second-order valence-corrected chi connectivity index (χ2v) is 6.42. The summed E-state index contributed by atoms with van der Waals surface area (Å²) < 4.78 is 5.97. The van der Waals surface area contributed by atoms with E-state index in [0.29, 0.717) is 24.2 Å². The van der Waals surface area contributed by atoms with Gasteiger partial charge in [-0.3, -0.25) is 4.84 Å². The first-order chi connectivity index (χ1) is 10.3. The first kappa shape index (κ1) is 15.0. The highest BCUT2D eigenvalue weighted by Gasteiger charge is 2.55. The van der Waals surface area contributed by atoms with Crippen LogP contribution in [0.4, 0.5) is 0 Å². The summed E-state index contributed by atoms with van der Waals surface area (Å²) in [6.45, 7) is 3.56. The second kappa shape index (κ2) is 6.91. The van der Waals surface area contributed by atoms with Crippen LogP contribution in [0, 0.1) is 5.41 Å². The van der Waals surface area contributed by atoms with Crippen LogP contribution < -0.4 is 5.48 Å². The van der Waals surface area contributed by atoms with E-state index in [9.17, 15) is 0 Å². The number of hydrogen-bond donors (Lipinski definition) is 1. The minimum atomic E-state index is 0.324. The van der Waals surface area contributed by atoms with E-state index in [0.717, 1.165) is 13.0 Å². The Hall–Kier alpha value is -0.900. The molecule has 1 N–H and O–H groups in total. The third kappa shape index (κ3) is 3.15. The van der Waals surface area contributed by atoms with E-state index in [1.165, 1.54) is 37.7 Å². The van der Waals surface area contributed by atoms with Crippen LogP contribution in [0.1, 0.15) is 51.0 Å². The Balaban J connectivity index is 1.53. The fourth-order valence-electron chi connectivity index (χ4n) is 4.03. The molecule has 3 rings (SSSR count). The van der Waals surface area contributed by atoms with Crippen LogP contribution in [-0.4, -0.2) is 18.8 Å². The molecule has 3 nitrogen and oxygen atoms in total. The number of rotatable bonds is 6. The summed E-state index contributed by atoms with van der Waals surface area (Å²) in [5.74, 6) is 0.